The van der Waals surface area contributed by atoms with E-state index in [2.05, 4.69) is 4.98 Å². The third-order valence-electron chi connectivity index (χ3n) is 3.49. The zero-order chi connectivity index (χ0) is 14.0. The van der Waals surface area contributed by atoms with Gasteiger partial charge < -0.3 is 9.84 Å². The smallest absolute Gasteiger partial charge is 0.361 e. The first-order valence-electron chi connectivity index (χ1n) is 6.53. The molecular weight excluding hydrogens is 248 g/mol. The van der Waals surface area contributed by atoms with Gasteiger partial charge in [-0.1, -0.05) is 12.8 Å². The molecule has 0 aromatic carbocycles. The average molecular weight is 266 g/mol. The summed E-state index contributed by atoms with van der Waals surface area (Å²) in [6.45, 7) is 1.84. The number of ether oxygens (including phenoxy) is 1. The van der Waals surface area contributed by atoms with Crippen LogP contribution in [0.15, 0.2) is 4.79 Å². The van der Waals surface area contributed by atoms with Crippen LogP contribution in [0.5, 0.6) is 5.75 Å². The highest BCUT2D eigenvalue weighted by Crippen LogP contribution is 2.33. The van der Waals surface area contributed by atoms with Crippen LogP contribution in [0.1, 0.15) is 54.8 Å². The van der Waals surface area contributed by atoms with Gasteiger partial charge in [-0.05, 0) is 19.8 Å². The standard InChI is InChI=1S/C13H18N2O4/c1-3-19-13(18)9-10(16)12(17)15(2)11(14-9)8-6-4-5-7-8/h8,16H,3-7H2,1-2H3. The lowest BCUT2D eigenvalue weighted by Crippen LogP contribution is -2.26. The van der Waals surface area contributed by atoms with E-state index in [9.17, 15) is 14.7 Å². The highest BCUT2D eigenvalue weighted by molar-refractivity contribution is 5.89. The van der Waals surface area contributed by atoms with E-state index in [1.165, 1.54) is 4.57 Å². The first-order chi connectivity index (χ1) is 9.06. The van der Waals surface area contributed by atoms with Crippen LogP contribution in [0.4, 0.5) is 0 Å². The molecule has 19 heavy (non-hydrogen) atoms. The van der Waals surface area contributed by atoms with Crippen LogP contribution in [0.2, 0.25) is 0 Å². The number of hydrogen-bond acceptors (Lipinski definition) is 5. The number of hydrogen-bond donors (Lipinski definition) is 1. The Morgan fingerprint density at radius 2 is 2.11 bits per heavy atom. The zero-order valence-corrected chi connectivity index (χ0v) is 11.2. The average Bonchev–Trinajstić information content (AvgIpc) is 2.90. The molecule has 1 fully saturated rings. The number of carbonyl (C=O) groups is 1. The van der Waals surface area contributed by atoms with E-state index >= 15 is 0 Å². The molecular formula is C13H18N2O4. The van der Waals surface area contributed by atoms with Gasteiger partial charge in [0, 0.05) is 13.0 Å². The van der Waals surface area contributed by atoms with Gasteiger partial charge in [-0.25, -0.2) is 9.78 Å². The molecule has 0 radical (unpaired) electrons. The Morgan fingerprint density at radius 3 is 2.68 bits per heavy atom. The summed E-state index contributed by atoms with van der Waals surface area (Å²) in [6, 6.07) is 0. The van der Waals surface area contributed by atoms with Gasteiger partial charge in [0.05, 0.1) is 6.61 Å². The van der Waals surface area contributed by atoms with E-state index in [0.717, 1.165) is 25.7 Å². The molecule has 1 aliphatic rings. The molecule has 0 unspecified atom stereocenters. The van der Waals surface area contributed by atoms with Crippen molar-refractivity contribution in [3.8, 4) is 5.75 Å². The number of carbonyl (C=O) groups excluding carboxylic acids is 1. The second kappa shape index (κ2) is 5.42. The predicted octanol–water partition coefficient (Wildman–Crippen LogP) is 1.32. The van der Waals surface area contributed by atoms with Gasteiger partial charge in [-0.15, -0.1) is 0 Å². The summed E-state index contributed by atoms with van der Waals surface area (Å²) in [5.41, 5.74) is -0.869. The molecule has 0 aliphatic heterocycles. The summed E-state index contributed by atoms with van der Waals surface area (Å²) in [4.78, 5) is 27.8. The van der Waals surface area contributed by atoms with Crippen molar-refractivity contribution in [3.05, 3.63) is 21.9 Å². The Kier molecular flexibility index (Phi) is 3.87. The van der Waals surface area contributed by atoms with Crippen molar-refractivity contribution in [1.29, 1.82) is 0 Å². The molecule has 2 rings (SSSR count). The molecule has 0 saturated heterocycles. The summed E-state index contributed by atoms with van der Waals surface area (Å²) < 4.78 is 6.14. The number of nitrogens with zero attached hydrogens (tertiary/aromatic N) is 2. The fourth-order valence-electron chi connectivity index (χ4n) is 2.50. The number of aromatic hydroxyl groups is 1. The second-order valence-electron chi connectivity index (χ2n) is 4.73. The topological polar surface area (TPSA) is 81.4 Å². The molecule has 0 atom stereocenters. The van der Waals surface area contributed by atoms with Gasteiger partial charge in [0.25, 0.3) is 5.56 Å². The maximum absolute atomic E-state index is 11.9. The van der Waals surface area contributed by atoms with E-state index < -0.39 is 17.3 Å². The van der Waals surface area contributed by atoms with Crippen LogP contribution in [0, 0.1) is 0 Å². The first-order valence-corrected chi connectivity index (χ1v) is 6.53. The fraction of sp³-hybridized carbons (Fsp3) is 0.615. The van der Waals surface area contributed by atoms with Gasteiger partial charge in [0.1, 0.15) is 5.82 Å². The molecule has 0 amide bonds. The Balaban J connectivity index is 2.50. The minimum absolute atomic E-state index is 0.173. The maximum atomic E-state index is 11.9. The molecule has 1 saturated carbocycles. The van der Waals surface area contributed by atoms with E-state index in [0.29, 0.717) is 5.82 Å². The van der Waals surface area contributed by atoms with E-state index in [1.807, 2.05) is 0 Å². The lowest BCUT2D eigenvalue weighted by molar-refractivity contribution is 0.0514. The molecule has 1 aromatic heterocycles. The molecule has 1 aliphatic carbocycles. The minimum atomic E-state index is -0.753. The summed E-state index contributed by atoms with van der Waals surface area (Å²) >= 11 is 0. The Labute approximate surface area is 111 Å². The van der Waals surface area contributed by atoms with Crippen LogP contribution in [0.25, 0.3) is 0 Å². The molecule has 1 aromatic rings. The summed E-state index contributed by atoms with van der Waals surface area (Å²) in [5.74, 6) is -0.658. The molecule has 1 heterocycles. The fourth-order valence-corrected chi connectivity index (χ4v) is 2.50. The van der Waals surface area contributed by atoms with Gasteiger partial charge in [0.2, 0.25) is 5.75 Å². The van der Waals surface area contributed by atoms with Crippen LogP contribution in [-0.4, -0.2) is 27.2 Å². The number of esters is 1. The molecule has 6 nitrogen and oxygen atoms in total. The summed E-state index contributed by atoms with van der Waals surface area (Å²) in [6.07, 6.45) is 4.09. The highest BCUT2D eigenvalue weighted by atomic mass is 16.5. The Bertz CT molecular complexity index is 544. The van der Waals surface area contributed by atoms with Crippen molar-refractivity contribution in [2.24, 2.45) is 7.05 Å². The second-order valence-corrected chi connectivity index (χ2v) is 4.73. The highest BCUT2D eigenvalue weighted by Gasteiger charge is 2.26. The number of rotatable bonds is 3. The van der Waals surface area contributed by atoms with Crippen molar-refractivity contribution in [3.63, 3.8) is 0 Å². The largest absolute Gasteiger partial charge is 0.501 e. The van der Waals surface area contributed by atoms with Gasteiger partial charge in [-0.2, -0.15) is 0 Å². The Hall–Kier alpha value is -1.85. The first kappa shape index (κ1) is 13.6. The SMILES string of the molecule is CCOC(=O)c1nc(C2CCCC2)n(C)c(=O)c1O. The van der Waals surface area contributed by atoms with Crippen molar-refractivity contribution in [2.45, 2.75) is 38.5 Å². The van der Waals surface area contributed by atoms with E-state index in [1.54, 1.807) is 14.0 Å². The summed E-state index contributed by atoms with van der Waals surface area (Å²) in [5, 5.41) is 9.75. The number of aromatic nitrogens is 2. The normalized spacial score (nSPS) is 15.7. The van der Waals surface area contributed by atoms with Crippen molar-refractivity contribution in [1.82, 2.24) is 9.55 Å². The molecule has 0 spiro atoms. The third-order valence-corrected chi connectivity index (χ3v) is 3.49. The monoisotopic (exact) mass is 266 g/mol. The van der Waals surface area contributed by atoms with E-state index in [4.69, 9.17) is 4.74 Å². The van der Waals surface area contributed by atoms with Gasteiger partial charge in [0.15, 0.2) is 5.69 Å². The van der Waals surface area contributed by atoms with Crippen molar-refractivity contribution >= 4 is 5.97 Å². The molecule has 104 valence electrons. The maximum Gasteiger partial charge on any atom is 0.361 e. The lowest BCUT2D eigenvalue weighted by Gasteiger charge is -2.15. The van der Waals surface area contributed by atoms with Gasteiger partial charge >= 0.3 is 5.97 Å². The van der Waals surface area contributed by atoms with Crippen LogP contribution < -0.4 is 5.56 Å². The molecule has 0 bridgehead atoms. The summed E-state index contributed by atoms with van der Waals surface area (Å²) in [7, 11) is 1.57. The van der Waals surface area contributed by atoms with Crippen LogP contribution in [-0.2, 0) is 11.8 Å². The van der Waals surface area contributed by atoms with Crippen LogP contribution >= 0.6 is 0 Å². The minimum Gasteiger partial charge on any atom is -0.501 e. The van der Waals surface area contributed by atoms with Gasteiger partial charge in [-0.3, -0.25) is 9.36 Å². The van der Waals surface area contributed by atoms with Crippen molar-refractivity contribution in [2.75, 3.05) is 6.61 Å². The molecule has 6 heteroatoms. The lowest BCUT2D eigenvalue weighted by atomic mass is 10.1. The Morgan fingerprint density at radius 1 is 1.47 bits per heavy atom. The van der Waals surface area contributed by atoms with Crippen molar-refractivity contribution < 1.29 is 14.6 Å². The predicted molar refractivity (Wildman–Crippen MR) is 68.3 cm³/mol. The van der Waals surface area contributed by atoms with Crippen LogP contribution in [0.3, 0.4) is 0 Å². The van der Waals surface area contributed by atoms with E-state index in [-0.39, 0.29) is 18.2 Å². The third kappa shape index (κ3) is 2.47. The zero-order valence-electron chi connectivity index (χ0n) is 11.2. The molecule has 1 N–H and O–H groups in total. The quantitative estimate of drug-likeness (QED) is 0.834.